The van der Waals surface area contributed by atoms with Gasteiger partial charge in [-0.15, -0.1) is 0 Å². The summed E-state index contributed by atoms with van der Waals surface area (Å²) in [6, 6.07) is 4.44. The number of carbonyl (C=O) groups excluding carboxylic acids is 2. The Morgan fingerprint density at radius 1 is 1.38 bits per heavy atom. The molecule has 24 heavy (non-hydrogen) atoms. The maximum Gasteiger partial charge on any atom is 0.454 e. The molecule has 4 nitrogen and oxygen atoms in total. The third-order valence-electron chi connectivity index (χ3n) is 3.73. The highest BCUT2D eigenvalue weighted by Gasteiger charge is 2.37. The van der Waals surface area contributed by atoms with Gasteiger partial charge >= 0.3 is 6.18 Å². The van der Waals surface area contributed by atoms with Crippen molar-refractivity contribution in [1.29, 1.82) is 0 Å². The summed E-state index contributed by atoms with van der Waals surface area (Å²) in [6.45, 7) is 2.24. The number of amides is 1. The van der Waals surface area contributed by atoms with Gasteiger partial charge in [0.2, 0.25) is 5.91 Å². The molecule has 1 unspecified atom stereocenters. The molecule has 0 spiro atoms. The number of ketones is 1. The number of nitrogens with one attached hydrogen (secondary N) is 1. The van der Waals surface area contributed by atoms with Crippen LogP contribution in [-0.4, -0.2) is 35.4 Å². The maximum absolute atomic E-state index is 12.3. The Balaban J connectivity index is 2.04. The molecule has 8 heteroatoms. The van der Waals surface area contributed by atoms with Gasteiger partial charge in [-0.25, -0.2) is 0 Å². The van der Waals surface area contributed by atoms with Crippen LogP contribution in [-0.2, 0) is 9.59 Å². The third-order valence-corrected chi connectivity index (χ3v) is 4.14. The summed E-state index contributed by atoms with van der Waals surface area (Å²) < 4.78 is 36.7. The van der Waals surface area contributed by atoms with E-state index in [0.717, 1.165) is 11.8 Å². The van der Waals surface area contributed by atoms with Gasteiger partial charge in [-0.05, 0) is 37.5 Å². The van der Waals surface area contributed by atoms with E-state index < -0.39 is 18.0 Å². The minimum atomic E-state index is -4.91. The van der Waals surface area contributed by atoms with Gasteiger partial charge in [0.1, 0.15) is 6.04 Å². The lowest BCUT2D eigenvalue weighted by molar-refractivity contribution is -0.165. The van der Waals surface area contributed by atoms with Gasteiger partial charge < -0.3 is 10.2 Å². The lowest BCUT2D eigenvalue weighted by Gasteiger charge is -2.22. The Kier molecular flexibility index (Phi) is 5.54. The molecule has 0 bridgehead atoms. The number of alkyl halides is 3. The molecule has 1 aliphatic heterocycles. The molecule has 0 aliphatic carbocycles. The average molecular weight is 361 g/mol. The van der Waals surface area contributed by atoms with Crippen LogP contribution in [0.25, 0.3) is 0 Å². The highest BCUT2D eigenvalue weighted by molar-refractivity contribution is 6.31. The zero-order valence-electron chi connectivity index (χ0n) is 12.9. The van der Waals surface area contributed by atoms with Gasteiger partial charge in [0.15, 0.2) is 0 Å². The van der Waals surface area contributed by atoms with Crippen LogP contribution in [0.5, 0.6) is 0 Å². The number of hydrogen-bond donors (Lipinski definition) is 1. The van der Waals surface area contributed by atoms with E-state index in [1.807, 2.05) is 6.92 Å². The van der Waals surface area contributed by atoms with E-state index >= 15 is 0 Å². The number of halogens is 4. The van der Waals surface area contributed by atoms with Crippen LogP contribution in [0.4, 0.5) is 18.9 Å². The Morgan fingerprint density at radius 2 is 2.08 bits per heavy atom. The quantitative estimate of drug-likeness (QED) is 0.833. The number of carbonyl (C=O) groups is 2. The van der Waals surface area contributed by atoms with Gasteiger partial charge in [0.25, 0.3) is 5.78 Å². The summed E-state index contributed by atoms with van der Waals surface area (Å²) in [6.07, 6.45) is -2.27. The van der Waals surface area contributed by atoms with E-state index in [1.54, 1.807) is 18.2 Å². The fourth-order valence-corrected chi connectivity index (χ4v) is 2.58. The number of anilines is 1. The number of aryl methyl sites for hydroxylation is 1. The molecule has 1 aromatic rings. The molecule has 1 N–H and O–H groups in total. The summed E-state index contributed by atoms with van der Waals surface area (Å²) in [5, 5.41) is 3.20. The van der Waals surface area contributed by atoms with E-state index in [4.69, 9.17) is 11.6 Å². The molecule has 0 aromatic heterocycles. The van der Waals surface area contributed by atoms with Crippen LogP contribution in [0.3, 0.4) is 0 Å². The van der Waals surface area contributed by atoms with Gasteiger partial charge in [-0.2, -0.15) is 13.2 Å². The zero-order valence-corrected chi connectivity index (χ0v) is 13.6. The largest absolute Gasteiger partial charge is 0.454 e. The van der Waals surface area contributed by atoms with Crippen molar-refractivity contribution in [2.75, 3.05) is 11.9 Å². The Bertz CT molecular complexity index is 674. The Morgan fingerprint density at radius 3 is 2.71 bits per heavy atom. The fraction of sp³-hybridized carbons (Fsp3) is 0.375. The number of allylic oxidation sites excluding steroid dienone is 1. The van der Waals surface area contributed by atoms with E-state index in [-0.39, 0.29) is 5.91 Å². The minimum Gasteiger partial charge on any atom is -0.365 e. The Hall–Kier alpha value is -2.02. The lowest BCUT2D eigenvalue weighted by atomic mass is 10.2. The van der Waals surface area contributed by atoms with Crippen molar-refractivity contribution in [3.63, 3.8) is 0 Å². The second-order valence-corrected chi connectivity index (χ2v) is 5.93. The average Bonchev–Trinajstić information content (AvgIpc) is 2.96. The second kappa shape index (κ2) is 7.25. The first-order chi connectivity index (χ1) is 11.2. The maximum atomic E-state index is 12.3. The second-order valence-electron chi connectivity index (χ2n) is 5.53. The molecular formula is C16H16ClF3N2O2. The predicted octanol–water partition coefficient (Wildman–Crippen LogP) is 3.70. The first-order valence-corrected chi connectivity index (χ1v) is 7.68. The van der Waals surface area contributed by atoms with E-state index in [1.165, 1.54) is 4.90 Å². The number of hydrogen-bond acceptors (Lipinski definition) is 3. The number of nitrogens with zero attached hydrogens (tertiary/aromatic N) is 1. The molecular weight excluding hydrogens is 345 g/mol. The molecule has 0 radical (unpaired) electrons. The van der Waals surface area contributed by atoms with Crippen LogP contribution in [0.15, 0.2) is 30.5 Å². The monoisotopic (exact) mass is 360 g/mol. The molecule has 2 rings (SSSR count). The predicted molar refractivity (Wildman–Crippen MR) is 84.7 cm³/mol. The topological polar surface area (TPSA) is 49.4 Å². The van der Waals surface area contributed by atoms with Crippen molar-refractivity contribution >= 4 is 29.0 Å². The SMILES string of the molecule is Cc1ccc(NC(=O)C2CCCN2C=CC(=O)C(F)(F)F)cc1Cl. The van der Waals surface area contributed by atoms with E-state index in [2.05, 4.69) is 5.32 Å². The summed E-state index contributed by atoms with van der Waals surface area (Å²) in [7, 11) is 0. The third kappa shape index (κ3) is 4.50. The molecule has 1 aromatic carbocycles. The molecule has 1 atom stereocenters. The fourth-order valence-electron chi connectivity index (χ4n) is 2.40. The van der Waals surface area contributed by atoms with E-state index in [9.17, 15) is 22.8 Å². The summed E-state index contributed by atoms with van der Waals surface area (Å²) in [4.78, 5) is 24.7. The highest BCUT2D eigenvalue weighted by Crippen LogP contribution is 2.23. The van der Waals surface area contributed by atoms with Crippen molar-refractivity contribution in [3.05, 3.63) is 41.1 Å². The molecule has 1 fully saturated rings. The van der Waals surface area contributed by atoms with Crippen LogP contribution in [0.1, 0.15) is 18.4 Å². The zero-order chi connectivity index (χ0) is 17.9. The highest BCUT2D eigenvalue weighted by atomic mass is 35.5. The summed E-state index contributed by atoms with van der Waals surface area (Å²) in [5.41, 5.74) is 1.38. The van der Waals surface area contributed by atoms with Gasteiger partial charge in [0, 0.05) is 29.5 Å². The minimum absolute atomic E-state index is 0.350. The van der Waals surface area contributed by atoms with Crippen molar-refractivity contribution in [2.45, 2.75) is 32.0 Å². The first kappa shape index (κ1) is 18.3. The normalized spacial score (nSPS) is 18.2. The number of rotatable bonds is 4. The number of benzene rings is 1. The van der Waals surface area contributed by atoms with Crippen molar-refractivity contribution in [1.82, 2.24) is 4.90 Å². The van der Waals surface area contributed by atoms with Crippen molar-refractivity contribution in [3.8, 4) is 0 Å². The van der Waals surface area contributed by atoms with Crippen LogP contribution in [0, 0.1) is 6.92 Å². The van der Waals surface area contributed by atoms with Gasteiger partial charge in [-0.1, -0.05) is 17.7 Å². The number of likely N-dealkylation sites (tertiary alicyclic amines) is 1. The smallest absolute Gasteiger partial charge is 0.365 e. The standard InChI is InChI=1S/C16H16ClF3N2O2/c1-10-4-5-11(9-12(10)17)21-15(24)13-3-2-7-22(13)8-6-14(23)16(18,19)20/h4-6,8-9,13H,2-3,7H2,1H3,(H,21,24). The molecule has 1 amide bonds. The summed E-state index contributed by atoms with van der Waals surface area (Å²) in [5.74, 6) is -2.30. The van der Waals surface area contributed by atoms with Gasteiger partial charge in [0.05, 0.1) is 0 Å². The van der Waals surface area contributed by atoms with Gasteiger partial charge in [-0.3, -0.25) is 9.59 Å². The molecule has 130 valence electrons. The molecule has 1 saturated heterocycles. The molecule has 1 aliphatic rings. The first-order valence-electron chi connectivity index (χ1n) is 7.30. The van der Waals surface area contributed by atoms with Crippen LogP contribution in [0.2, 0.25) is 5.02 Å². The Labute approximate surface area is 142 Å². The van der Waals surface area contributed by atoms with Crippen LogP contribution < -0.4 is 5.32 Å². The van der Waals surface area contributed by atoms with E-state index in [0.29, 0.717) is 36.2 Å². The molecule has 1 heterocycles. The van der Waals surface area contributed by atoms with Crippen molar-refractivity contribution in [2.24, 2.45) is 0 Å². The van der Waals surface area contributed by atoms with Crippen LogP contribution >= 0.6 is 11.6 Å². The lowest BCUT2D eigenvalue weighted by Crippen LogP contribution is -2.36. The van der Waals surface area contributed by atoms with Crippen molar-refractivity contribution < 1.29 is 22.8 Å². The summed E-state index contributed by atoms with van der Waals surface area (Å²) >= 11 is 6.00. The molecule has 0 saturated carbocycles.